The number of nitrogens with one attached hydrogen (secondary N) is 2. The van der Waals surface area contributed by atoms with E-state index in [1.165, 1.54) is 18.4 Å². The summed E-state index contributed by atoms with van der Waals surface area (Å²) in [4.78, 5) is 29.6. The summed E-state index contributed by atoms with van der Waals surface area (Å²) in [5.41, 5.74) is 4.01. The Hall–Kier alpha value is -2.86. The maximum absolute atomic E-state index is 12.6. The lowest BCUT2D eigenvalue weighted by Gasteiger charge is -2.26. The summed E-state index contributed by atoms with van der Waals surface area (Å²) in [7, 11) is 0. The van der Waals surface area contributed by atoms with Crippen LogP contribution >= 0.6 is 0 Å². The molecule has 4 rings (SSSR count). The zero-order valence-corrected chi connectivity index (χ0v) is 17.6. The summed E-state index contributed by atoms with van der Waals surface area (Å²) in [6, 6.07) is 16.2. The number of amides is 2. The summed E-state index contributed by atoms with van der Waals surface area (Å²) < 4.78 is 0. The van der Waals surface area contributed by atoms with Crippen LogP contribution in [0, 0.1) is 0 Å². The molecule has 1 atom stereocenters. The van der Waals surface area contributed by atoms with Crippen molar-refractivity contribution in [1.82, 2.24) is 10.2 Å². The van der Waals surface area contributed by atoms with Gasteiger partial charge < -0.3 is 15.5 Å². The van der Waals surface area contributed by atoms with E-state index in [1.54, 1.807) is 0 Å². The summed E-state index contributed by atoms with van der Waals surface area (Å²) in [6.45, 7) is 5.63. The Morgan fingerprint density at radius 1 is 0.933 bits per heavy atom. The molecule has 6 nitrogen and oxygen atoms in total. The second-order valence-electron chi connectivity index (χ2n) is 8.02. The van der Waals surface area contributed by atoms with Crippen molar-refractivity contribution in [1.29, 1.82) is 0 Å². The number of fused-ring (bicyclic) bond motifs is 1. The molecular weight excluding hydrogens is 376 g/mol. The third kappa shape index (κ3) is 4.33. The molecule has 2 N–H and O–H groups in total. The lowest BCUT2D eigenvalue weighted by Crippen LogP contribution is -2.45. The number of carbonyl (C=O) groups is 2. The van der Waals surface area contributed by atoms with Crippen molar-refractivity contribution in [2.24, 2.45) is 0 Å². The fraction of sp³-hybridized carbons (Fsp3) is 0.417. The van der Waals surface area contributed by atoms with E-state index in [0.29, 0.717) is 12.2 Å². The minimum absolute atomic E-state index is 0.289. The molecule has 158 valence electrons. The highest BCUT2D eigenvalue weighted by atomic mass is 16.2. The molecule has 1 saturated heterocycles. The zero-order valence-electron chi connectivity index (χ0n) is 17.6. The zero-order chi connectivity index (χ0) is 20.9. The van der Waals surface area contributed by atoms with Crippen molar-refractivity contribution in [2.45, 2.75) is 38.6 Å². The quantitative estimate of drug-likeness (QED) is 0.723. The van der Waals surface area contributed by atoms with Gasteiger partial charge in [0.2, 0.25) is 0 Å². The average Bonchev–Trinajstić information content (AvgIpc) is 3.45. The van der Waals surface area contributed by atoms with Crippen LogP contribution in [0.3, 0.4) is 0 Å². The lowest BCUT2D eigenvalue weighted by molar-refractivity contribution is -0.136. The van der Waals surface area contributed by atoms with Crippen LogP contribution in [0.1, 0.15) is 31.7 Å². The van der Waals surface area contributed by atoms with Gasteiger partial charge in [-0.05, 0) is 62.5 Å². The molecule has 2 aliphatic heterocycles. The second-order valence-corrected chi connectivity index (χ2v) is 8.02. The van der Waals surface area contributed by atoms with Crippen molar-refractivity contribution < 1.29 is 9.59 Å². The molecule has 1 unspecified atom stereocenters. The Kier molecular flexibility index (Phi) is 6.33. The Balaban J connectivity index is 1.41. The molecule has 2 aliphatic rings. The first-order chi connectivity index (χ1) is 14.7. The van der Waals surface area contributed by atoms with Gasteiger partial charge in [-0.1, -0.05) is 37.3 Å². The van der Waals surface area contributed by atoms with Gasteiger partial charge in [-0.25, -0.2) is 0 Å². The Labute approximate surface area is 178 Å². The van der Waals surface area contributed by atoms with Crippen molar-refractivity contribution in [3.05, 3.63) is 54.1 Å². The highest BCUT2D eigenvalue weighted by molar-refractivity contribution is 6.40. The predicted octanol–water partition coefficient (Wildman–Crippen LogP) is 3.31. The third-order valence-corrected chi connectivity index (χ3v) is 6.16. The van der Waals surface area contributed by atoms with Crippen LogP contribution in [0.5, 0.6) is 0 Å². The van der Waals surface area contributed by atoms with Gasteiger partial charge in [0.25, 0.3) is 0 Å². The molecule has 2 aromatic carbocycles. The van der Waals surface area contributed by atoms with Crippen LogP contribution in [-0.4, -0.2) is 48.9 Å². The molecule has 6 heteroatoms. The standard InChI is InChI=1S/C24H30N4O2/c1-2-19(27-14-7-8-15-27)17-25-23(29)24(30)26-20-10-4-6-12-22(20)28-16-13-18-9-3-5-11-21(18)28/h3-6,9-12,19H,2,7-8,13-17H2,1H3,(H,25,29)(H,26,30). The number of rotatable bonds is 6. The molecule has 0 spiro atoms. The Morgan fingerprint density at radius 3 is 2.40 bits per heavy atom. The summed E-state index contributed by atoms with van der Waals surface area (Å²) in [6.07, 6.45) is 4.34. The fourth-order valence-corrected chi connectivity index (χ4v) is 4.51. The van der Waals surface area contributed by atoms with Gasteiger partial charge >= 0.3 is 11.8 Å². The van der Waals surface area contributed by atoms with Crippen molar-refractivity contribution >= 4 is 28.9 Å². The molecular formula is C24H30N4O2. The van der Waals surface area contributed by atoms with E-state index in [9.17, 15) is 9.59 Å². The molecule has 0 aromatic heterocycles. The highest BCUT2D eigenvalue weighted by Gasteiger charge is 2.25. The van der Waals surface area contributed by atoms with E-state index in [0.717, 1.165) is 43.9 Å². The molecule has 0 bridgehead atoms. The molecule has 1 fully saturated rings. The maximum atomic E-state index is 12.6. The monoisotopic (exact) mass is 406 g/mol. The van der Waals surface area contributed by atoms with E-state index in [2.05, 4.69) is 39.5 Å². The normalized spacial score (nSPS) is 16.9. The van der Waals surface area contributed by atoms with Crippen molar-refractivity contribution in [3.63, 3.8) is 0 Å². The molecule has 30 heavy (non-hydrogen) atoms. The number of anilines is 3. The average molecular weight is 407 g/mol. The number of likely N-dealkylation sites (tertiary alicyclic amines) is 1. The lowest BCUT2D eigenvalue weighted by atomic mass is 10.1. The highest BCUT2D eigenvalue weighted by Crippen LogP contribution is 2.38. The van der Waals surface area contributed by atoms with E-state index in [4.69, 9.17) is 0 Å². The first-order valence-corrected chi connectivity index (χ1v) is 10.9. The predicted molar refractivity (Wildman–Crippen MR) is 120 cm³/mol. The minimum atomic E-state index is -0.619. The molecule has 2 aromatic rings. The SMILES string of the molecule is CCC(CNC(=O)C(=O)Nc1ccccc1N1CCc2ccccc21)N1CCCC1. The maximum Gasteiger partial charge on any atom is 0.313 e. The summed E-state index contributed by atoms with van der Waals surface area (Å²) in [5.74, 6) is -1.20. The Bertz CT molecular complexity index is 908. The van der Waals surface area contributed by atoms with Gasteiger partial charge in [-0.3, -0.25) is 14.5 Å². The van der Waals surface area contributed by atoms with Crippen molar-refractivity contribution in [2.75, 3.05) is 36.4 Å². The minimum Gasteiger partial charge on any atom is -0.346 e. The van der Waals surface area contributed by atoms with Crippen LogP contribution in [-0.2, 0) is 16.0 Å². The van der Waals surface area contributed by atoms with Crippen LogP contribution in [0.25, 0.3) is 0 Å². The number of hydrogen-bond acceptors (Lipinski definition) is 4. The van der Waals surface area contributed by atoms with Gasteiger partial charge in [-0.2, -0.15) is 0 Å². The molecule has 2 heterocycles. The smallest absolute Gasteiger partial charge is 0.313 e. The van der Waals surface area contributed by atoms with E-state index >= 15 is 0 Å². The summed E-state index contributed by atoms with van der Waals surface area (Å²) >= 11 is 0. The first kappa shape index (κ1) is 20.4. The van der Waals surface area contributed by atoms with Gasteiger partial charge in [0.1, 0.15) is 0 Å². The molecule has 0 radical (unpaired) electrons. The number of nitrogens with zero attached hydrogens (tertiary/aromatic N) is 2. The van der Waals surface area contributed by atoms with E-state index in [1.807, 2.05) is 36.4 Å². The van der Waals surface area contributed by atoms with Gasteiger partial charge in [0.15, 0.2) is 0 Å². The fourth-order valence-electron chi connectivity index (χ4n) is 4.51. The van der Waals surface area contributed by atoms with Crippen molar-refractivity contribution in [3.8, 4) is 0 Å². The van der Waals surface area contributed by atoms with Gasteiger partial charge in [0, 0.05) is 24.8 Å². The number of hydrogen-bond donors (Lipinski definition) is 2. The van der Waals surface area contributed by atoms with E-state index < -0.39 is 11.8 Å². The number of benzene rings is 2. The topological polar surface area (TPSA) is 64.7 Å². The largest absolute Gasteiger partial charge is 0.346 e. The van der Waals surface area contributed by atoms with Crippen LogP contribution < -0.4 is 15.5 Å². The molecule has 0 aliphatic carbocycles. The van der Waals surface area contributed by atoms with Crippen LogP contribution in [0.2, 0.25) is 0 Å². The first-order valence-electron chi connectivity index (χ1n) is 10.9. The number of carbonyl (C=O) groups excluding carboxylic acids is 2. The third-order valence-electron chi connectivity index (χ3n) is 6.16. The van der Waals surface area contributed by atoms with Crippen LogP contribution in [0.15, 0.2) is 48.5 Å². The van der Waals surface area contributed by atoms with E-state index in [-0.39, 0.29) is 6.04 Å². The number of para-hydroxylation sites is 3. The second kappa shape index (κ2) is 9.30. The van der Waals surface area contributed by atoms with Gasteiger partial charge in [-0.15, -0.1) is 0 Å². The van der Waals surface area contributed by atoms with Crippen LogP contribution in [0.4, 0.5) is 17.1 Å². The molecule has 2 amide bonds. The Morgan fingerprint density at radius 2 is 1.63 bits per heavy atom. The molecule has 0 saturated carbocycles. The van der Waals surface area contributed by atoms with Gasteiger partial charge in [0.05, 0.1) is 11.4 Å². The summed E-state index contributed by atoms with van der Waals surface area (Å²) in [5, 5.41) is 5.65.